The molecule has 0 N–H and O–H groups in total. The van der Waals surface area contributed by atoms with Gasteiger partial charge in [-0.15, -0.1) is 11.3 Å². The van der Waals surface area contributed by atoms with Crippen LogP contribution in [0.5, 0.6) is 0 Å². The van der Waals surface area contributed by atoms with Gasteiger partial charge < -0.3 is 4.74 Å². The van der Waals surface area contributed by atoms with Crippen molar-refractivity contribution in [2.24, 2.45) is 0 Å². The molecule has 0 amide bonds. The lowest BCUT2D eigenvalue weighted by molar-refractivity contribution is 0.136. The van der Waals surface area contributed by atoms with Crippen LogP contribution >= 0.6 is 11.3 Å². The topological polar surface area (TPSA) is 22.1 Å². The fourth-order valence-corrected chi connectivity index (χ4v) is 1.51. The van der Waals surface area contributed by atoms with Crippen LogP contribution < -0.4 is 0 Å². The van der Waals surface area contributed by atoms with Gasteiger partial charge in [-0.1, -0.05) is 6.92 Å². The summed E-state index contributed by atoms with van der Waals surface area (Å²) < 4.78 is 5.29. The average molecular weight is 184 g/mol. The quantitative estimate of drug-likeness (QED) is 0.633. The number of aromatic nitrogens is 1. The molecule has 0 aliphatic heterocycles. The largest absolute Gasteiger partial charge is 0.381 e. The molecule has 0 aliphatic rings. The second-order valence-corrected chi connectivity index (χ2v) is 3.27. The van der Waals surface area contributed by atoms with Crippen molar-refractivity contribution < 1.29 is 4.74 Å². The van der Waals surface area contributed by atoms with Gasteiger partial charge in [-0.3, -0.25) is 0 Å². The molecule has 67 valence electrons. The Hall–Kier alpha value is -0.410. The molecule has 3 heteroatoms. The molecule has 0 spiro atoms. The highest BCUT2D eigenvalue weighted by Gasteiger charge is 1.94. The Morgan fingerprint density at radius 1 is 1.50 bits per heavy atom. The highest BCUT2D eigenvalue weighted by Crippen LogP contribution is 2.03. The van der Waals surface area contributed by atoms with Gasteiger partial charge in [0.15, 0.2) is 0 Å². The van der Waals surface area contributed by atoms with Gasteiger partial charge in [0.2, 0.25) is 0 Å². The molecule has 1 aromatic rings. The molecule has 1 radical (unpaired) electrons. The van der Waals surface area contributed by atoms with Crippen molar-refractivity contribution in [3.05, 3.63) is 23.5 Å². The number of thiazole rings is 1. The van der Waals surface area contributed by atoms with Gasteiger partial charge in [-0.05, 0) is 19.3 Å². The van der Waals surface area contributed by atoms with E-state index < -0.39 is 0 Å². The van der Waals surface area contributed by atoms with Gasteiger partial charge in [0, 0.05) is 18.6 Å². The minimum absolute atomic E-state index is 0.775. The van der Waals surface area contributed by atoms with Crippen molar-refractivity contribution in [3.8, 4) is 0 Å². The monoisotopic (exact) mass is 184 g/mol. The second kappa shape index (κ2) is 6.14. The lowest BCUT2D eigenvalue weighted by Crippen LogP contribution is -1.97. The standard InChI is InChI=1S/C9H14NOS/c1-2-5-11-6-3-4-9-7-12-8-10-9/h7-8H,1-6H2. The molecule has 1 rings (SSSR count). The molecule has 0 unspecified atom stereocenters. The molecule has 1 aromatic heterocycles. The number of rotatable bonds is 6. The average Bonchev–Trinajstić information content (AvgIpc) is 2.57. The van der Waals surface area contributed by atoms with Crippen molar-refractivity contribution in [2.45, 2.75) is 19.3 Å². The van der Waals surface area contributed by atoms with Crippen molar-refractivity contribution in [1.82, 2.24) is 4.98 Å². The molecule has 0 atom stereocenters. The van der Waals surface area contributed by atoms with Crippen LogP contribution in [-0.4, -0.2) is 18.2 Å². The van der Waals surface area contributed by atoms with Crippen molar-refractivity contribution in [1.29, 1.82) is 0 Å². The summed E-state index contributed by atoms with van der Waals surface area (Å²) in [4.78, 5) is 4.18. The van der Waals surface area contributed by atoms with E-state index in [1.54, 1.807) is 11.3 Å². The lowest BCUT2D eigenvalue weighted by atomic mass is 10.3. The number of hydrogen-bond acceptors (Lipinski definition) is 3. The predicted molar refractivity (Wildman–Crippen MR) is 51.2 cm³/mol. The predicted octanol–water partition coefficient (Wildman–Crippen LogP) is 2.32. The Kier molecular flexibility index (Phi) is 4.95. The molecule has 2 nitrogen and oxygen atoms in total. The van der Waals surface area contributed by atoms with E-state index in [0.717, 1.165) is 32.5 Å². The molecule has 0 saturated heterocycles. The Bertz CT molecular complexity index is 186. The van der Waals surface area contributed by atoms with Gasteiger partial charge in [0.1, 0.15) is 0 Å². The van der Waals surface area contributed by atoms with Crippen LogP contribution in [-0.2, 0) is 11.2 Å². The van der Waals surface area contributed by atoms with Gasteiger partial charge in [-0.25, -0.2) is 4.98 Å². The minimum atomic E-state index is 0.775. The van der Waals surface area contributed by atoms with Crippen LogP contribution in [0, 0.1) is 6.92 Å². The second-order valence-electron chi connectivity index (χ2n) is 2.55. The summed E-state index contributed by atoms with van der Waals surface area (Å²) in [6, 6.07) is 0. The fourth-order valence-electron chi connectivity index (χ4n) is 0.920. The molecular weight excluding hydrogens is 170 g/mol. The third kappa shape index (κ3) is 3.83. The molecular formula is C9H14NOS. The van der Waals surface area contributed by atoms with Crippen LogP contribution in [0.15, 0.2) is 10.9 Å². The van der Waals surface area contributed by atoms with Crippen LogP contribution in [0.1, 0.15) is 18.5 Å². The molecule has 0 aromatic carbocycles. The summed E-state index contributed by atoms with van der Waals surface area (Å²) in [7, 11) is 0. The summed E-state index contributed by atoms with van der Waals surface area (Å²) >= 11 is 1.65. The number of aryl methyl sites for hydroxylation is 1. The zero-order valence-corrected chi connectivity index (χ0v) is 7.98. The third-order valence-electron chi connectivity index (χ3n) is 1.49. The lowest BCUT2D eigenvalue weighted by Gasteiger charge is -1.99. The van der Waals surface area contributed by atoms with Crippen molar-refractivity contribution >= 4 is 11.3 Å². The zero-order valence-electron chi connectivity index (χ0n) is 7.16. The van der Waals surface area contributed by atoms with E-state index in [0.29, 0.717) is 0 Å². The number of nitrogens with zero attached hydrogens (tertiary/aromatic N) is 1. The maximum absolute atomic E-state index is 5.29. The van der Waals surface area contributed by atoms with Crippen molar-refractivity contribution in [3.63, 3.8) is 0 Å². The summed E-state index contributed by atoms with van der Waals surface area (Å²) in [5, 5.41) is 2.08. The van der Waals surface area contributed by atoms with E-state index in [9.17, 15) is 0 Å². The first-order valence-electron chi connectivity index (χ1n) is 4.17. The van der Waals surface area contributed by atoms with Crippen molar-refractivity contribution in [2.75, 3.05) is 13.2 Å². The van der Waals surface area contributed by atoms with Crippen LogP contribution in [0.4, 0.5) is 0 Å². The van der Waals surface area contributed by atoms with E-state index >= 15 is 0 Å². The van der Waals surface area contributed by atoms with E-state index in [-0.39, 0.29) is 0 Å². The SMILES string of the molecule is [CH2]CCOCCCc1cscn1. The highest BCUT2D eigenvalue weighted by atomic mass is 32.1. The molecule has 0 bridgehead atoms. The van der Waals surface area contributed by atoms with E-state index in [4.69, 9.17) is 4.74 Å². The Morgan fingerprint density at radius 2 is 2.42 bits per heavy atom. The summed E-state index contributed by atoms with van der Waals surface area (Å²) in [5.41, 5.74) is 3.05. The van der Waals surface area contributed by atoms with Crippen LogP contribution in [0.3, 0.4) is 0 Å². The Morgan fingerprint density at radius 3 is 3.08 bits per heavy atom. The third-order valence-corrected chi connectivity index (χ3v) is 2.13. The number of hydrogen-bond donors (Lipinski definition) is 0. The molecule has 12 heavy (non-hydrogen) atoms. The first kappa shape index (κ1) is 9.68. The van der Waals surface area contributed by atoms with E-state index in [2.05, 4.69) is 17.3 Å². The van der Waals surface area contributed by atoms with Gasteiger partial charge >= 0.3 is 0 Å². The number of ether oxygens (including phenoxy) is 1. The maximum Gasteiger partial charge on any atom is 0.0794 e. The van der Waals surface area contributed by atoms with E-state index in [1.807, 2.05) is 5.51 Å². The maximum atomic E-state index is 5.29. The zero-order chi connectivity index (χ0) is 8.65. The molecule has 1 heterocycles. The molecule has 0 fully saturated rings. The minimum Gasteiger partial charge on any atom is -0.381 e. The molecule has 0 aliphatic carbocycles. The van der Waals surface area contributed by atoms with Crippen LogP contribution in [0.2, 0.25) is 0 Å². The smallest absolute Gasteiger partial charge is 0.0794 e. The summed E-state index contributed by atoms with van der Waals surface area (Å²) in [6.45, 7) is 5.30. The normalized spacial score (nSPS) is 10.4. The van der Waals surface area contributed by atoms with Gasteiger partial charge in [0.05, 0.1) is 11.2 Å². The molecule has 0 saturated carbocycles. The van der Waals surface area contributed by atoms with Gasteiger partial charge in [-0.2, -0.15) is 0 Å². The fraction of sp³-hybridized carbons (Fsp3) is 0.556. The first-order valence-corrected chi connectivity index (χ1v) is 5.12. The Labute approximate surface area is 77.6 Å². The van der Waals surface area contributed by atoms with Gasteiger partial charge in [0.25, 0.3) is 0 Å². The van der Waals surface area contributed by atoms with E-state index in [1.165, 1.54) is 5.69 Å². The van der Waals surface area contributed by atoms with Crippen LogP contribution in [0.25, 0.3) is 0 Å². The summed E-state index contributed by atoms with van der Waals surface area (Å²) in [6.07, 6.45) is 2.95. The highest BCUT2D eigenvalue weighted by molar-refractivity contribution is 7.07. The Balaban J connectivity index is 1.96. The summed E-state index contributed by atoms with van der Waals surface area (Å²) in [5.74, 6) is 0. The first-order chi connectivity index (χ1) is 5.93.